The minimum absolute atomic E-state index is 0.0423. The Morgan fingerprint density at radius 2 is 2.25 bits per heavy atom. The van der Waals surface area contributed by atoms with E-state index >= 15 is 0 Å². The van der Waals surface area contributed by atoms with Crippen molar-refractivity contribution in [3.63, 3.8) is 0 Å². The van der Waals surface area contributed by atoms with Gasteiger partial charge < -0.3 is 9.88 Å². The van der Waals surface area contributed by atoms with Crippen LogP contribution in [-0.2, 0) is 12.1 Å². The average molecular weight is 292 g/mol. The first-order valence-electron chi connectivity index (χ1n) is 7.61. The molecule has 0 bridgehead atoms. The third-order valence-corrected chi connectivity index (χ3v) is 4.67. The van der Waals surface area contributed by atoms with Gasteiger partial charge in [-0.3, -0.25) is 0 Å². The molecule has 1 unspecified atom stereocenters. The molecule has 1 saturated heterocycles. The van der Waals surface area contributed by atoms with Gasteiger partial charge in [-0.1, -0.05) is 25.4 Å². The van der Waals surface area contributed by atoms with Gasteiger partial charge in [0.1, 0.15) is 5.82 Å². The maximum absolute atomic E-state index is 6.12. The second-order valence-corrected chi connectivity index (χ2v) is 6.12. The van der Waals surface area contributed by atoms with Crippen molar-refractivity contribution in [3.8, 4) is 0 Å². The molecule has 0 amide bonds. The molecule has 2 heterocycles. The maximum atomic E-state index is 6.12. The second kappa shape index (κ2) is 5.38. The normalized spacial score (nSPS) is 22.8. The molecule has 1 aliphatic rings. The Morgan fingerprint density at radius 1 is 1.40 bits per heavy atom. The van der Waals surface area contributed by atoms with Gasteiger partial charge in [0.15, 0.2) is 0 Å². The highest BCUT2D eigenvalue weighted by molar-refractivity contribution is 6.31. The van der Waals surface area contributed by atoms with Crippen LogP contribution in [0.1, 0.15) is 45.4 Å². The fourth-order valence-corrected chi connectivity index (χ4v) is 3.54. The first-order valence-corrected chi connectivity index (χ1v) is 7.99. The molecule has 108 valence electrons. The van der Waals surface area contributed by atoms with Crippen molar-refractivity contribution in [2.45, 2.75) is 51.6 Å². The number of aromatic nitrogens is 2. The first-order chi connectivity index (χ1) is 9.70. The van der Waals surface area contributed by atoms with Crippen LogP contribution in [0.4, 0.5) is 0 Å². The van der Waals surface area contributed by atoms with E-state index in [0.29, 0.717) is 0 Å². The number of nitrogens with zero attached hydrogens (tertiary/aromatic N) is 2. The molecular weight excluding hydrogens is 270 g/mol. The lowest BCUT2D eigenvalue weighted by atomic mass is 9.93. The SMILES string of the molecule is CCCn1c(C2(CC)CCCN2)nc2cc(Cl)ccc21. The lowest BCUT2D eigenvalue weighted by molar-refractivity contribution is 0.338. The highest BCUT2D eigenvalue weighted by Crippen LogP contribution is 2.35. The molecule has 1 aromatic heterocycles. The number of halogens is 1. The molecule has 1 aliphatic heterocycles. The molecule has 0 saturated carbocycles. The summed E-state index contributed by atoms with van der Waals surface area (Å²) >= 11 is 6.12. The van der Waals surface area contributed by atoms with Gasteiger partial charge in [0.05, 0.1) is 16.6 Å². The van der Waals surface area contributed by atoms with E-state index in [1.807, 2.05) is 12.1 Å². The van der Waals surface area contributed by atoms with Gasteiger partial charge in [-0.15, -0.1) is 0 Å². The van der Waals surface area contributed by atoms with Crippen LogP contribution in [0.25, 0.3) is 11.0 Å². The summed E-state index contributed by atoms with van der Waals surface area (Å²) in [6.07, 6.45) is 4.59. The topological polar surface area (TPSA) is 29.9 Å². The van der Waals surface area contributed by atoms with Crippen molar-refractivity contribution in [1.29, 1.82) is 0 Å². The minimum atomic E-state index is 0.0423. The Labute approximate surface area is 125 Å². The summed E-state index contributed by atoms with van der Waals surface area (Å²) in [5, 5.41) is 4.45. The summed E-state index contributed by atoms with van der Waals surface area (Å²) in [6, 6.07) is 6.04. The van der Waals surface area contributed by atoms with Gasteiger partial charge in [-0.2, -0.15) is 0 Å². The molecule has 20 heavy (non-hydrogen) atoms. The van der Waals surface area contributed by atoms with Gasteiger partial charge in [0.2, 0.25) is 0 Å². The Kier molecular flexibility index (Phi) is 3.74. The first kappa shape index (κ1) is 13.9. The molecule has 1 fully saturated rings. The van der Waals surface area contributed by atoms with E-state index in [-0.39, 0.29) is 5.54 Å². The van der Waals surface area contributed by atoms with E-state index in [9.17, 15) is 0 Å². The van der Waals surface area contributed by atoms with Crippen LogP contribution in [0.3, 0.4) is 0 Å². The lowest BCUT2D eigenvalue weighted by Gasteiger charge is -2.28. The number of benzene rings is 1. The van der Waals surface area contributed by atoms with Crippen molar-refractivity contribution >= 4 is 22.6 Å². The molecule has 2 aromatic rings. The fraction of sp³-hybridized carbons (Fsp3) is 0.562. The number of rotatable bonds is 4. The predicted octanol–water partition coefficient (Wildman–Crippen LogP) is 4.09. The van der Waals surface area contributed by atoms with E-state index in [0.717, 1.165) is 36.5 Å². The summed E-state index contributed by atoms with van der Waals surface area (Å²) in [7, 11) is 0. The Morgan fingerprint density at radius 3 is 2.90 bits per heavy atom. The number of hydrogen-bond donors (Lipinski definition) is 1. The minimum Gasteiger partial charge on any atom is -0.326 e. The zero-order valence-corrected chi connectivity index (χ0v) is 13.0. The van der Waals surface area contributed by atoms with E-state index in [2.05, 4.69) is 29.8 Å². The Bertz CT molecular complexity index is 611. The fourth-order valence-electron chi connectivity index (χ4n) is 3.38. The highest BCUT2D eigenvalue weighted by atomic mass is 35.5. The quantitative estimate of drug-likeness (QED) is 0.919. The Hall–Kier alpha value is -1.06. The van der Waals surface area contributed by atoms with Gasteiger partial charge in [0.25, 0.3) is 0 Å². The molecule has 0 spiro atoms. The molecule has 3 nitrogen and oxygen atoms in total. The molecule has 1 atom stereocenters. The summed E-state index contributed by atoms with van der Waals surface area (Å²) < 4.78 is 2.38. The van der Waals surface area contributed by atoms with Crippen LogP contribution in [0.15, 0.2) is 18.2 Å². The van der Waals surface area contributed by atoms with Crippen LogP contribution in [0, 0.1) is 0 Å². The van der Waals surface area contributed by atoms with E-state index in [1.54, 1.807) is 0 Å². The summed E-state index contributed by atoms with van der Waals surface area (Å²) in [4.78, 5) is 4.93. The number of fused-ring (bicyclic) bond motifs is 1. The van der Waals surface area contributed by atoms with Gasteiger partial charge in [-0.25, -0.2) is 4.98 Å². The summed E-state index contributed by atoms with van der Waals surface area (Å²) in [6.45, 7) is 6.56. The number of hydrogen-bond acceptors (Lipinski definition) is 2. The molecule has 1 aromatic carbocycles. The second-order valence-electron chi connectivity index (χ2n) is 5.69. The lowest BCUT2D eigenvalue weighted by Crippen LogP contribution is -2.38. The zero-order valence-electron chi connectivity index (χ0n) is 12.2. The van der Waals surface area contributed by atoms with Gasteiger partial charge in [-0.05, 0) is 50.4 Å². The zero-order chi connectivity index (χ0) is 14.2. The van der Waals surface area contributed by atoms with Crippen LogP contribution in [-0.4, -0.2) is 16.1 Å². The third-order valence-electron chi connectivity index (χ3n) is 4.43. The molecule has 3 rings (SSSR count). The highest BCUT2D eigenvalue weighted by Gasteiger charge is 2.38. The predicted molar refractivity (Wildman–Crippen MR) is 84.2 cm³/mol. The van der Waals surface area contributed by atoms with Crippen LogP contribution < -0.4 is 5.32 Å². The standard InChI is InChI=1S/C16H22ClN3/c1-3-10-20-14-7-6-12(17)11-13(14)19-15(20)16(4-2)8-5-9-18-16/h6-7,11,18H,3-5,8-10H2,1-2H3. The number of nitrogens with one attached hydrogen (secondary N) is 1. The molecule has 1 N–H and O–H groups in total. The van der Waals surface area contributed by atoms with Crippen LogP contribution >= 0.6 is 11.6 Å². The van der Waals surface area contributed by atoms with Crippen molar-refractivity contribution in [3.05, 3.63) is 29.0 Å². The van der Waals surface area contributed by atoms with E-state index in [1.165, 1.54) is 24.2 Å². The van der Waals surface area contributed by atoms with Crippen LogP contribution in [0.5, 0.6) is 0 Å². The van der Waals surface area contributed by atoms with Gasteiger partial charge in [0, 0.05) is 11.6 Å². The number of imidazole rings is 1. The van der Waals surface area contributed by atoms with Crippen molar-refractivity contribution in [1.82, 2.24) is 14.9 Å². The Balaban J connectivity index is 2.20. The molecular formula is C16H22ClN3. The smallest absolute Gasteiger partial charge is 0.130 e. The summed E-state index contributed by atoms with van der Waals surface area (Å²) in [5.41, 5.74) is 2.26. The van der Waals surface area contributed by atoms with E-state index in [4.69, 9.17) is 16.6 Å². The average Bonchev–Trinajstić information content (AvgIpc) is 3.05. The monoisotopic (exact) mass is 291 g/mol. The van der Waals surface area contributed by atoms with Crippen molar-refractivity contribution in [2.24, 2.45) is 0 Å². The third kappa shape index (κ3) is 2.13. The van der Waals surface area contributed by atoms with Gasteiger partial charge >= 0.3 is 0 Å². The maximum Gasteiger partial charge on any atom is 0.130 e. The van der Waals surface area contributed by atoms with Crippen LogP contribution in [0.2, 0.25) is 5.02 Å². The summed E-state index contributed by atoms with van der Waals surface area (Å²) in [5.74, 6) is 1.19. The molecule has 4 heteroatoms. The van der Waals surface area contributed by atoms with Crippen molar-refractivity contribution in [2.75, 3.05) is 6.54 Å². The van der Waals surface area contributed by atoms with E-state index < -0.39 is 0 Å². The molecule has 0 aliphatic carbocycles. The number of aryl methyl sites for hydroxylation is 1. The molecule has 0 radical (unpaired) electrons. The van der Waals surface area contributed by atoms with Crippen molar-refractivity contribution < 1.29 is 0 Å². The largest absolute Gasteiger partial charge is 0.326 e.